The quantitative estimate of drug-likeness (QED) is 0.542. The van der Waals surface area contributed by atoms with Gasteiger partial charge in [-0.05, 0) is 35.9 Å². The number of benzene rings is 2. The zero-order chi connectivity index (χ0) is 21.8. The lowest BCUT2D eigenvalue weighted by atomic mass is 10.0. The van der Waals surface area contributed by atoms with Gasteiger partial charge < -0.3 is 21.5 Å². The first kappa shape index (κ1) is 20.3. The van der Waals surface area contributed by atoms with Gasteiger partial charge in [-0.25, -0.2) is 20.4 Å². The highest BCUT2D eigenvalue weighted by Gasteiger charge is 2.17. The zero-order valence-corrected chi connectivity index (χ0v) is 15.8. The van der Waals surface area contributed by atoms with E-state index in [-0.39, 0.29) is 11.4 Å². The van der Waals surface area contributed by atoms with Crippen LogP contribution in [0.2, 0.25) is 0 Å². The molecule has 0 saturated heterocycles. The monoisotopic (exact) mass is 408 g/mol. The summed E-state index contributed by atoms with van der Waals surface area (Å²) in [7, 11) is 0. The van der Waals surface area contributed by atoms with Crippen molar-refractivity contribution in [2.45, 2.75) is 13.2 Å². The van der Waals surface area contributed by atoms with Crippen LogP contribution in [0.1, 0.15) is 17.4 Å². The molecule has 3 amide bonds. The number of carbonyl (C=O) groups is 2. The fourth-order valence-corrected chi connectivity index (χ4v) is 2.75. The average molecular weight is 408 g/mol. The number of nitrogens with zero attached hydrogens (tertiary/aromatic N) is 3. The number of carbonyl (C=O) groups excluding carboxylic acids is 2. The lowest BCUT2D eigenvalue weighted by molar-refractivity contribution is 0.0996. The molecule has 1 atom stereocenters. The number of halogens is 1. The van der Waals surface area contributed by atoms with Crippen molar-refractivity contribution in [3.05, 3.63) is 71.6 Å². The molecule has 1 aromatic heterocycles. The predicted molar refractivity (Wildman–Crippen MR) is 107 cm³/mol. The molecule has 3 rings (SSSR count). The number of urea groups is 1. The number of nitrogens with one attached hydrogen (secondary N) is 1. The topological polar surface area (TPSA) is 130 Å². The van der Waals surface area contributed by atoms with Gasteiger partial charge in [-0.3, -0.25) is 9.64 Å². The first-order chi connectivity index (χ1) is 14.3. The van der Waals surface area contributed by atoms with Crippen molar-refractivity contribution in [2.24, 2.45) is 11.5 Å². The molecule has 0 bridgehead atoms. The Balaban J connectivity index is 1.97. The maximum atomic E-state index is 13.8. The number of hydrogen-bond acceptors (Lipinski definition) is 4. The van der Waals surface area contributed by atoms with Crippen LogP contribution in [0.15, 0.2) is 48.7 Å². The summed E-state index contributed by atoms with van der Waals surface area (Å²) in [6, 6.07) is 9.93. The Bertz CT molecular complexity index is 1150. The summed E-state index contributed by atoms with van der Waals surface area (Å²) in [6.07, 6.45) is 0.676. The van der Waals surface area contributed by atoms with Gasteiger partial charge in [-0.1, -0.05) is 12.1 Å². The van der Waals surface area contributed by atoms with Gasteiger partial charge in [0.2, 0.25) is 0 Å². The predicted octanol–water partition coefficient (Wildman–Crippen LogP) is 2.91. The van der Waals surface area contributed by atoms with Crippen LogP contribution in [0.5, 0.6) is 5.75 Å². The molecule has 0 aliphatic rings. The van der Waals surface area contributed by atoms with Gasteiger partial charge in [0.05, 0.1) is 24.5 Å². The van der Waals surface area contributed by atoms with Crippen molar-refractivity contribution in [3.8, 4) is 22.6 Å². The molecule has 1 unspecified atom stereocenters. The van der Waals surface area contributed by atoms with Crippen molar-refractivity contribution in [2.75, 3.05) is 5.32 Å². The van der Waals surface area contributed by atoms with E-state index >= 15 is 0 Å². The van der Waals surface area contributed by atoms with E-state index in [1.807, 2.05) is 0 Å². The summed E-state index contributed by atoms with van der Waals surface area (Å²) in [5.41, 5.74) is 12.0. The minimum Gasteiger partial charge on any atom is -0.423 e. The summed E-state index contributed by atoms with van der Waals surface area (Å²) in [4.78, 5) is 25.9. The lowest BCUT2D eigenvalue weighted by Crippen LogP contribution is -2.22. The van der Waals surface area contributed by atoms with Gasteiger partial charge in [-0.2, -0.15) is 5.10 Å². The first-order valence-corrected chi connectivity index (χ1v) is 8.68. The largest absolute Gasteiger partial charge is 0.423 e. The molecule has 152 valence electrons. The van der Waals surface area contributed by atoms with E-state index < -0.39 is 24.0 Å². The first-order valence-electron chi connectivity index (χ1n) is 8.68. The van der Waals surface area contributed by atoms with Crippen LogP contribution in [0.4, 0.5) is 14.9 Å². The molecule has 9 nitrogen and oxygen atoms in total. The number of rotatable bonds is 6. The van der Waals surface area contributed by atoms with Gasteiger partial charge >= 0.3 is 12.3 Å². The van der Waals surface area contributed by atoms with Gasteiger partial charge in [0, 0.05) is 5.56 Å². The second kappa shape index (κ2) is 8.32. The maximum absolute atomic E-state index is 13.8. The Morgan fingerprint density at radius 1 is 1.23 bits per heavy atom. The van der Waals surface area contributed by atoms with E-state index in [9.17, 15) is 14.0 Å². The number of amides is 3. The third-order valence-electron chi connectivity index (χ3n) is 4.07. The smallest absolute Gasteiger partial charge is 0.363 e. The SMILES string of the molecule is [C-]#[N+]C(C)Oc1ccc(F)cc1-c1ccc(-n2cc(NC(N)=O)c(C(N)=O)n2)cc1. The average Bonchev–Trinajstić information content (AvgIpc) is 3.12. The second-order valence-corrected chi connectivity index (χ2v) is 6.22. The Kier molecular flexibility index (Phi) is 5.64. The molecule has 5 N–H and O–H groups in total. The maximum Gasteiger partial charge on any atom is 0.363 e. The van der Waals surface area contributed by atoms with E-state index in [2.05, 4.69) is 15.3 Å². The van der Waals surface area contributed by atoms with E-state index in [4.69, 9.17) is 22.8 Å². The molecule has 30 heavy (non-hydrogen) atoms. The van der Waals surface area contributed by atoms with Crippen LogP contribution in [0.3, 0.4) is 0 Å². The number of aromatic nitrogens is 2. The number of ether oxygens (including phenoxy) is 1. The minimum absolute atomic E-state index is 0.0769. The highest BCUT2D eigenvalue weighted by molar-refractivity contribution is 6.00. The van der Waals surface area contributed by atoms with Crippen molar-refractivity contribution >= 4 is 17.6 Å². The van der Waals surface area contributed by atoms with Crippen LogP contribution >= 0.6 is 0 Å². The Morgan fingerprint density at radius 2 is 1.93 bits per heavy atom. The molecular formula is C20H17FN6O3. The Morgan fingerprint density at radius 3 is 2.53 bits per heavy atom. The van der Waals surface area contributed by atoms with Crippen LogP contribution in [-0.4, -0.2) is 27.9 Å². The molecule has 1 heterocycles. The molecule has 0 aliphatic heterocycles. The van der Waals surface area contributed by atoms with Crippen LogP contribution < -0.4 is 21.5 Å². The lowest BCUT2D eigenvalue weighted by Gasteiger charge is -2.12. The fourth-order valence-electron chi connectivity index (χ4n) is 2.75. The van der Waals surface area contributed by atoms with Crippen LogP contribution in [-0.2, 0) is 0 Å². The molecule has 10 heteroatoms. The molecule has 0 aliphatic carbocycles. The number of hydrogen-bond donors (Lipinski definition) is 3. The van der Waals surface area contributed by atoms with Gasteiger partial charge in [0.15, 0.2) is 5.69 Å². The molecule has 0 radical (unpaired) electrons. The third kappa shape index (κ3) is 4.36. The summed E-state index contributed by atoms with van der Waals surface area (Å²) < 4.78 is 20.7. The normalized spacial score (nSPS) is 11.4. The number of nitrogens with two attached hydrogens (primary N) is 2. The number of anilines is 1. The van der Waals surface area contributed by atoms with E-state index in [1.54, 1.807) is 31.2 Å². The number of primary amides is 2. The molecule has 3 aromatic rings. The highest BCUT2D eigenvalue weighted by atomic mass is 19.1. The zero-order valence-electron chi connectivity index (χ0n) is 15.8. The van der Waals surface area contributed by atoms with E-state index in [0.717, 1.165) is 0 Å². The third-order valence-corrected chi connectivity index (χ3v) is 4.07. The van der Waals surface area contributed by atoms with E-state index in [0.29, 0.717) is 22.6 Å². The summed E-state index contributed by atoms with van der Waals surface area (Å²) in [6.45, 7) is 8.63. The molecule has 2 aromatic carbocycles. The van der Waals surface area contributed by atoms with Crippen molar-refractivity contribution < 1.29 is 18.7 Å². The second-order valence-electron chi connectivity index (χ2n) is 6.22. The molecule has 0 fully saturated rings. The van der Waals surface area contributed by atoms with Crippen molar-refractivity contribution in [3.63, 3.8) is 0 Å². The highest BCUT2D eigenvalue weighted by Crippen LogP contribution is 2.32. The minimum atomic E-state index is -0.861. The standard InChI is InChI=1S/C20H17FN6O3/c1-11(24-2)30-17-8-5-13(21)9-15(17)12-3-6-14(7-4-12)27-10-16(25-20(23)29)18(26-27)19(22)28/h3-11H,1H3,(H2,22,28)(H3,23,25,29). The van der Waals surface area contributed by atoms with Gasteiger partial charge in [-0.15, -0.1) is 0 Å². The van der Waals surface area contributed by atoms with Gasteiger partial charge in [0.1, 0.15) is 11.6 Å². The fraction of sp³-hybridized carbons (Fsp3) is 0.100. The molecule has 0 spiro atoms. The summed E-state index contributed by atoms with van der Waals surface area (Å²) in [5, 5.41) is 6.36. The van der Waals surface area contributed by atoms with Crippen LogP contribution in [0.25, 0.3) is 21.7 Å². The van der Waals surface area contributed by atoms with Crippen molar-refractivity contribution in [1.29, 1.82) is 0 Å². The Hall–Kier alpha value is -4.39. The summed E-state index contributed by atoms with van der Waals surface area (Å²) >= 11 is 0. The van der Waals surface area contributed by atoms with E-state index in [1.165, 1.54) is 29.1 Å². The van der Waals surface area contributed by atoms with Gasteiger partial charge in [0.25, 0.3) is 5.91 Å². The summed E-state index contributed by atoms with van der Waals surface area (Å²) in [5.74, 6) is -0.905. The van der Waals surface area contributed by atoms with Crippen molar-refractivity contribution in [1.82, 2.24) is 9.78 Å². The molecule has 0 saturated carbocycles. The van der Waals surface area contributed by atoms with Crippen LogP contribution in [0, 0.1) is 12.4 Å². The molecular weight excluding hydrogens is 391 g/mol. The Labute approximate surface area is 170 Å².